The van der Waals surface area contributed by atoms with Crippen LogP contribution in [-0.2, 0) is 6.42 Å². The molecule has 4 heteroatoms. The molecule has 0 saturated carbocycles. The van der Waals surface area contributed by atoms with Gasteiger partial charge in [-0.25, -0.2) is 0 Å². The zero-order valence-electron chi connectivity index (χ0n) is 10.6. The first kappa shape index (κ1) is 13.9. The molecule has 0 aliphatic carbocycles. The fraction of sp³-hybridized carbons (Fsp3) is 0.200. The molecule has 19 heavy (non-hydrogen) atoms. The van der Waals surface area contributed by atoms with E-state index < -0.39 is 5.76 Å². The van der Waals surface area contributed by atoms with Crippen molar-refractivity contribution >= 4 is 17.4 Å². The first-order chi connectivity index (χ1) is 9.10. The average molecular weight is 279 g/mol. The molecule has 0 radical (unpaired) electrons. The largest absolute Gasteiger partial charge is 0.399 e. The summed E-state index contributed by atoms with van der Waals surface area (Å²) in [6.07, 6.45) is 0.874. The maximum atomic E-state index is 12.2. The summed E-state index contributed by atoms with van der Waals surface area (Å²) >= 11 is 0.559. The van der Waals surface area contributed by atoms with Crippen molar-refractivity contribution in [2.75, 3.05) is 5.73 Å². The molecule has 0 unspecified atom stereocenters. The lowest BCUT2D eigenvalue weighted by atomic mass is 10.0. The first-order valence-corrected chi connectivity index (χ1v) is 6.91. The van der Waals surface area contributed by atoms with Crippen molar-refractivity contribution in [3.05, 3.63) is 48.0 Å². The van der Waals surface area contributed by atoms with Crippen LogP contribution >= 0.6 is 11.8 Å². The minimum Gasteiger partial charge on any atom is -0.399 e. The van der Waals surface area contributed by atoms with Gasteiger partial charge < -0.3 is 5.73 Å². The molecular weight excluding hydrogens is 264 g/mol. The quantitative estimate of drug-likeness (QED) is 0.642. The molecule has 100 valence electrons. The van der Waals surface area contributed by atoms with Crippen LogP contribution in [0.2, 0.25) is 0 Å². The van der Waals surface area contributed by atoms with Crippen LogP contribution < -0.4 is 5.73 Å². The minimum absolute atomic E-state index is 0.559. The monoisotopic (exact) mass is 279 g/mol. The Morgan fingerprint density at radius 1 is 1.05 bits per heavy atom. The number of halogens is 2. The summed E-state index contributed by atoms with van der Waals surface area (Å²) in [5.74, 6) is -2.38. The van der Waals surface area contributed by atoms with E-state index >= 15 is 0 Å². The number of alkyl halides is 2. The maximum absolute atomic E-state index is 12.2. The van der Waals surface area contributed by atoms with Gasteiger partial charge in [-0.2, -0.15) is 8.78 Å². The molecule has 0 aliphatic heterocycles. The van der Waals surface area contributed by atoms with Crippen LogP contribution in [0.25, 0.3) is 11.1 Å². The normalized spacial score (nSPS) is 10.9. The number of aryl methyl sites for hydroxylation is 1. The van der Waals surface area contributed by atoms with Gasteiger partial charge in [-0.15, -0.1) is 0 Å². The molecule has 1 nitrogen and oxygen atoms in total. The third-order valence-corrected chi connectivity index (χ3v) is 3.66. The molecule has 2 aromatic carbocycles. The highest BCUT2D eigenvalue weighted by Gasteiger charge is 2.06. The van der Waals surface area contributed by atoms with Crippen LogP contribution in [0, 0.1) is 0 Å². The first-order valence-electron chi connectivity index (χ1n) is 6.03. The van der Waals surface area contributed by atoms with E-state index in [1.165, 1.54) is 0 Å². The average Bonchev–Trinajstić information content (AvgIpc) is 2.40. The van der Waals surface area contributed by atoms with E-state index in [-0.39, 0.29) is 0 Å². The van der Waals surface area contributed by atoms with Gasteiger partial charge in [0.25, 0.3) is 5.76 Å². The van der Waals surface area contributed by atoms with Crippen LogP contribution in [0.1, 0.15) is 12.5 Å². The summed E-state index contributed by atoms with van der Waals surface area (Å²) in [6.45, 7) is 2.05. The fourth-order valence-electron chi connectivity index (χ4n) is 1.92. The topological polar surface area (TPSA) is 26.0 Å². The molecule has 0 saturated heterocycles. The number of thioether (sulfide) groups is 1. The van der Waals surface area contributed by atoms with Crippen LogP contribution in [0.3, 0.4) is 0 Å². The van der Waals surface area contributed by atoms with E-state index in [0.717, 1.165) is 28.8 Å². The van der Waals surface area contributed by atoms with Crippen molar-refractivity contribution in [1.29, 1.82) is 0 Å². The second kappa shape index (κ2) is 6.06. The van der Waals surface area contributed by atoms with E-state index in [1.54, 1.807) is 12.1 Å². The highest BCUT2D eigenvalue weighted by molar-refractivity contribution is 7.99. The Morgan fingerprint density at radius 3 is 2.26 bits per heavy atom. The predicted molar refractivity (Wildman–Crippen MR) is 77.5 cm³/mol. The van der Waals surface area contributed by atoms with Gasteiger partial charge in [-0.1, -0.05) is 36.9 Å². The molecule has 2 rings (SSSR count). The Balaban J connectivity index is 2.27. The van der Waals surface area contributed by atoms with Gasteiger partial charge in [0.2, 0.25) is 0 Å². The number of nitrogen functional groups attached to an aromatic ring is 1. The van der Waals surface area contributed by atoms with E-state index in [9.17, 15) is 8.78 Å². The van der Waals surface area contributed by atoms with E-state index in [0.29, 0.717) is 16.7 Å². The SMILES string of the molecule is CCc1cc(-c2ccc(SC(F)F)cc2)ccc1N. The van der Waals surface area contributed by atoms with Crippen molar-refractivity contribution in [2.24, 2.45) is 0 Å². The molecule has 0 spiro atoms. The summed E-state index contributed by atoms with van der Waals surface area (Å²) in [6, 6.07) is 13.0. The summed E-state index contributed by atoms with van der Waals surface area (Å²) in [5, 5.41) is 0. The van der Waals surface area contributed by atoms with Crippen molar-refractivity contribution in [1.82, 2.24) is 0 Å². The molecule has 2 aromatic rings. The number of hydrogen-bond donors (Lipinski definition) is 1. The third-order valence-electron chi connectivity index (χ3n) is 2.94. The molecule has 2 N–H and O–H groups in total. The molecule has 0 atom stereocenters. The number of nitrogens with two attached hydrogens (primary N) is 1. The molecule has 0 fully saturated rings. The molecular formula is C15H15F2NS. The second-order valence-electron chi connectivity index (χ2n) is 4.17. The van der Waals surface area contributed by atoms with E-state index in [4.69, 9.17) is 5.73 Å². The Labute approximate surface area is 115 Å². The number of hydrogen-bond acceptors (Lipinski definition) is 2. The van der Waals surface area contributed by atoms with Gasteiger partial charge >= 0.3 is 0 Å². The van der Waals surface area contributed by atoms with Crippen molar-refractivity contribution in [3.8, 4) is 11.1 Å². The standard InChI is InChI=1S/C15H15F2NS/c1-2-10-9-12(5-8-14(10)18)11-3-6-13(7-4-11)19-15(16)17/h3-9,15H,2,18H2,1H3. The highest BCUT2D eigenvalue weighted by atomic mass is 32.2. The van der Waals surface area contributed by atoms with Gasteiger partial charge in [-0.05, 0) is 47.4 Å². The number of benzene rings is 2. The Hall–Kier alpha value is -1.55. The van der Waals surface area contributed by atoms with Gasteiger partial charge in [-0.3, -0.25) is 0 Å². The lowest BCUT2D eigenvalue weighted by molar-refractivity contribution is 0.252. The molecule has 0 aliphatic rings. The summed E-state index contributed by atoms with van der Waals surface area (Å²) < 4.78 is 24.5. The van der Waals surface area contributed by atoms with E-state index in [1.807, 2.05) is 30.3 Å². The van der Waals surface area contributed by atoms with Crippen molar-refractivity contribution in [2.45, 2.75) is 24.0 Å². The zero-order chi connectivity index (χ0) is 13.8. The van der Waals surface area contributed by atoms with Crippen LogP contribution in [0.4, 0.5) is 14.5 Å². The highest BCUT2D eigenvalue weighted by Crippen LogP contribution is 2.29. The second-order valence-corrected chi connectivity index (χ2v) is 5.23. The van der Waals surface area contributed by atoms with Crippen LogP contribution in [0.15, 0.2) is 47.4 Å². The summed E-state index contributed by atoms with van der Waals surface area (Å²) in [7, 11) is 0. The van der Waals surface area contributed by atoms with Gasteiger partial charge in [0.15, 0.2) is 0 Å². The van der Waals surface area contributed by atoms with Gasteiger partial charge in [0.1, 0.15) is 0 Å². The molecule has 0 amide bonds. The maximum Gasteiger partial charge on any atom is 0.288 e. The van der Waals surface area contributed by atoms with Gasteiger partial charge in [0.05, 0.1) is 0 Å². The summed E-state index contributed by atoms with van der Waals surface area (Å²) in [4.78, 5) is 0.574. The third kappa shape index (κ3) is 3.47. The minimum atomic E-state index is -2.38. The smallest absolute Gasteiger partial charge is 0.288 e. The van der Waals surface area contributed by atoms with Crippen molar-refractivity contribution in [3.63, 3.8) is 0 Å². The fourth-order valence-corrected chi connectivity index (χ4v) is 2.42. The molecule has 0 heterocycles. The van der Waals surface area contributed by atoms with E-state index in [2.05, 4.69) is 6.92 Å². The lowest BCUT2D eigenvalue weighted by Crippen LogP contribution is -1.93. The van der Waals surface area contributed by atoms with Gasteiger partial charge in [0, 0.05) is 10.6 Å². The number of anilines is 1. The van der Waals surface area contributed by atoms with Crippen molar-refractivity contribution < 1.29 is 8.78 Å². The van der Waals surface area contributed by atoms with Crippen LogP contribution in [0.5, 0.6) is 0 Å². The zero-order valence-corrected chi connectivity index (χ0v) is 11.4. The Kier molecular flexibility index (Phi) is 4.43. The predicted octanol–water partition coefficient (Wildman–Crippen LogP) is 4.81. The summed E-state index contributed by atoms with van der Waals surface area (Å²) in [5.41, 5.74) is 9.82. The molecule has 0 bridgehead atoms. The van der Waals surface area contributed by atoms with Crippen LogP contribution in [-0.4, -0.2) is 5.76 Å². The number of rotatable bonds is 4. The molecule has 0 aromatic heterocycles. The lowest BCUT2D eigenvalue weighted by Gasteiger charge is -2.08. The Morgan fingerprint density at radius 2 is 1.68 bits per heavy atom. The Bertz CT molecular complexity index is 553.